The number of ether oxygens (including phenoxy) is 2. The number of likely N-dealkylation sites (tertiary alicyclic amines) is 1. The summed E-state index contributed by atoms with van der Waals surface area (Å²) in [4.78, 5) is 13.4. The maximum Gasteiger partial charge on any atom is 0.416 e. The van der Waals surface area contributed by atoms with Gasteiger partial charge in [0.2, 0.25) is 0 Å². The van der Waals surface area contributed by atoms with Gasteiger partial charge in [-0.1, -0.05) is 30.3 Å². The van der Waals surface area contributed by atoms with Crippen LogP contribution in [0.4, 0.5) is 13.2 Å². The minimum absolute atomic E-state index is 0. The van der Waals surface area contributed by atoms with Gasteiger partial charge in [-0.3, -0.25) is 4.90 Å². The van der Waals surface area contributed by atoms with E-state index in [-0.39, 0.29) is 24.8 Å². The summed E-state index contributed by atoms with van der Waals surface area (Å²) in [7, 11) is 0. The van der Waals surface area contributed by atoms with Crippen LogP contribution >= 0.6 is 24.8 Å². The first-order valence-corrected chi connectivity index (χ1v) is 11.9. The van der Waals surface area contributed by atoms with Crippen molar-refractivity contribution < 1.29 is 32.5 Å². The minimum atomic E-state index is -4.31. The normalized spacial score (nSPS) is 21.4. The zero-order valence-corrected chi connectivity index (χ0v) is 22.1. The zero-order chi connectivity index (χ0) is 25.0. The van der Waals surface area contributed by atoms with E-state index >= 15 is 0 Å². The molecule has 1 saturated heterocycles. The Morgan fingerprint density at radius 3 is 2.38 bits per heavy atom. The molecule has 0 radical (unpaired) electrons. The van der Waals surface area contributed by atoms with Crippen molar-refractivity contribution in [3.05, 3.63) is 65.2 Å². The van der Waals surface area contributed by atoms with Crippen LogP contribution in [0.3, 0.4) is 0 Å². The van der Waals surface area contributed by atoms with Crippen LogP contribution in [0.25, 0.3) is 0 Å². The van der Waals surface area contributed by atoms with E-state index in [0.29, 0.717) is 56.2 Å². The molecule has 0 amide bonds. The van der Waals surface area contributed by atoms with Gasteiger partial charge in [0.1, 0.15) is 12.4 Å². The number of hydrogen-bond donors (Lipinski definition) is 2. The van der Waals surface area contributed by atoms with Gasteiger partial charge in [0, 0.05) is 45.2 Å². The first-order valence-electron chi connectivity index (χ1n) is 11.9. The highest BCUT2D eigenvalue weighted by Gasteiger charge is 2.55. The number of nitrogens with zero attached hydrogens (tertiary/aromatic N) is 1. The van der Waals surface area contributed by atoms with Crippen LogP contribution in [0.1, 0.15) is 23.6 Å². The van der Waals surface area contributed by atoms with Crippen molar-refractivity contribution in [2.24, 2.45) is 11.8 Å². The molecule has 1 aliphatic heterocycles. The summed E-state index contributed by atoms with van der Waals surface area (Å²) < 4.78 is 49.8. The van der Waals surface area contributed by atoms with Crippen molar-refractivity contribution >= 4 is 30.8 Å². The second kappa shape index (κ2) is 13.7. The van der Waals surface area contributed by atoms with Crippen molar-refractivity contribution in [3.63, 3.8) is 0 Å². The van der Waals surface area contributed by atoms with Crippen LogP contribution in [-0.2, 0) is 28.7 Å². The average molecular weight is 565 g/mol. The van der Waals surface area contributed by atoms with Gasteiger partial charge in [0.25, 0.3) is 0 Å². The predicted molar refractivity (Wildman–Crippen MR) is 139 cm³/mol. The fourth-order valence-corrected chi connectivity index (χ4v) is 4.90. The molecule has 2 aromatic rings. The fraction of sp³-hybridized carbons (Fsp3) is 0.500. The lowest BCUT2D eigenvalue weighted by Crippen LogP contribution is -2.33. The Balaban J connectivity index is 0.00000241. The first-order chi connectivity index (χ1) is 16.7. The highest BCUT2D eigenvalue weighted by molar-refractivity contribution is 5.85. The van der Waals surface area contributed by atoms with Crippen LogP contribution < -0.4 is 10.1 Å². The number of halogens is 5. The summed E-state index contributed by atoms with van der Waals surface area (Å²) in [5.41, 5.74) is 0.974. The molecule has 1 aliphatic carbocycles. The van der Waals surface area contributed by atoms with Gasteiger partial charge in [-0.15, -0.1) is 24.8 Å². The topological polar surface area (TPSA) is 71.0 Å². The number of benzene rings is 2. The van der Waals surface area contributed by atoms with Crippen molar-refractivity contribution in [1.82, 2.24) is 10.2 Å². The van der Waals surface area contributed by atoms with Crippen LogP contribution in [-0.4, -0.2) is 61.0 Å². The Labute approximate surface area is 227 Å². The van der Waals surface area contributed by atoms with Gasteiger partial charge in [0.05, 0.1) is 5.56 Å². The fourth-order valence-electron chi connectivity index (χ4n) is 4.90. The second-order valence-corrected chi connectivity index (χ2v) is 9.18. The van der Waals surface area contributed by atoms with Crippen LogP contribution in [0.15, 0.2) is 48.5 Å². The molecule has 6 nitrogen and oxygen atoms in total. The highest BCUT2D eigenvalue weighted by Crippen LogP contribution is 2.45. The van der Waals surface area contributed by atoms with Gasteiger partial charge in [-0.05, 0) is 48.1 Å². The Hall–Kier alpha value is -2.04. The molecule has 4 rings (SSSR count). The van der Waals surface area contributed by atoms with Crippen molar-refractivity contribution in [2.75, 3.05) is 32.8 Å². The zero-order valence-electron chi connectivity index (χ0n) is 20.4. The Bertz CT molecular complexity index is 998. The summed E-state index contributed by atoms with van der Waals surface area (Å²) in [5.74, 6) is 0.823. The van der Waals surface area contributed by atoms with Crippen LogP contribution in [0.5, 0.6) is 5.75 Å². The Morgan fingerprint density at radius 1 is 1.11 bits per heavy atom. The van der Waals surface area contributed by atoms with E-state index in [0.717, 1.165) is 30.5 Å². The van der Waals surface area contributed by atoms with Gasteiger partial charge >= 0.3 is 12.1 Å². The number of piperidine rings is 1. The number of nitrogens with one attached hydrogen (secondary N) is 1. The number of carboxylic acids is 1. The third kappa shape index (κ3) is 8.48. The molecule has 1 heterocycles. The van der Waals surface area contributed by atoms with E-state index in [1.54, 1.807) is 13.0 Å². The molecule has 2 aliphatic rings. The molecular formula is C26H33Cl2F3N2O4. The standard InChI is InChI=1S/C26H31F3N2O4.2ClH/c1-2-34-23(25(32)33)13-17-6-8-20(9-7-17)35-11-10-30-24-21-15-31(16-22(21)24)14-18-4-3-5-19(12-18)26(27,28)29;;/h3-9,12,21-24,30H,2,10-11,13-16H2,1H3,(H,32,33);2*1H/t21-,22?,23-,24+;;/m0../s1. The highest BCUT2D eigenvalue weighted by atomic mass is 35.5. The third-order valence-corrected chi connectivity index (χ3v) is 6.67. The van der Waals surface area contributed by atoms with Crippen molar-refractivity contribution in [3.8, 4) is 5.75 Å². The SMILES string of the molecule is CCO[C@@H](Cc1ccc(OCCN[C@H]2C3CN(Cc4cccc(C(F)(F)F)c4)C[C@@H]32)cc1)C(=O)O.Cl.Cl. The average Bonchev–Trinajstić information content (AvgIpc) is 3.26. The van der Waals surface area contributed by atoms with Crippen molar-refractivity contribution in [1.29, 1.82) is 0 Å². The van der Waals surface area contributed by atoms with Gasteiger partial charge in [-0.25, -0.2) is 4.79 Å². The summed E-state index contributed by atoms with van der Waals surface area (Å²) in [5, 5.41) is 12.7. The van der Waals surface area contributed by atoms with Crippen molar-refractivity contribution in [2.45, 2.75) is 38.2 Å². The number of fused-ring (bicyclic) bond motifs is 1. The lowest BCUT2D eigenvalue weighted by Gasteiger charge is -2.20. The van der Waals surface area contributed by atoms with E-state index in [1.807, 2.05) is 24.3 Å². The molecule has 2 aromatic carbocycles. The number of hydrogen-bond acceptors (Lipinski definition) is 5. The molecule has 0 bridgehead atoms. The van der Waals surface area contributed by atoms with Gasteiger partial charge in [0.15, 0.2) is 6.10 Å². The molecule has 206 valence electrons. The van der Waals surface area contributed by atoms with E-state index < -0.39 is 23.8 Å². The largest absolute Gasteiger partial charge is 0.492 e. The maximum atomic E-state index is 12.9. The van der Waals surface area contributed by atoms with Gasteiger partial charge < -0.3 is 19.9 Å². The molecule has 4 atom stereocenters. The molecule has 1 saturated carbocycles. The lowest BCUT2D eigenvalue weighted by molar-refractivity contribution is -0.150. The van der Waals surface area contributed by atoms with E-state index in [4.69, 9.17) is 9.47 Å². The van der Waals surface area contributed by atoms with Gasteiger partial charge in [-0.2, -0.15) is 13.2 Å². The number of rotatable bonds is 12. The molecule has 37 heavy (non-hydrogen) atoms. The lowest BCUT2D eigenvalue weighted by atomic mass is 10.1. The monoisotopic (exact) mass is 564 g/mol. The van der Waals surface area contributed by atoms with E-state index in [2.05, 4.69) is 10.2 Å². The number of aliphatic carboxylic acids is 1. The minimum Gasteiger partial charge on any atom is -0.492 e. The quantitative estimate of drug-likeness (QED) is 0.365. The number of carboxylic acid groups (broad SMARTS) is 1. The summed E-state index contributed by atoms with van der Waals surface area (Å²) in [6.07, 6.45) is -4.86. The maximum absolute atomic E-state index is 12.9. The molecule has 2 N–H and O–H groups in total. The Kier molecular flexibility index (Phi) is 11.5. The van der Waals surface area contributed by atoms with E-state index in [9.17, 15) is 23.1 Å². The third-order valence-electron chi connectivity index (χ3n) is 6.67. The summed E-state index contributed by atoms with van der Waals surface area (Å²) >= 11 is 0. The Morgan fingerprint density at radius 2 is 1.78 bits per heavy atom. The molecular weight excluding hydrogens is 532 g/mol. The first kappa shape index (κ1) is 31.2. The molecule has 2 fully saturated rings. The van der Waals surface area contributed by atoms with Crippen LogP contribution in [0, 0.1) is 11.8 Å². The van der Waals surface area contributed by atoms with E-state index in [1.165, 1.54) is 12.1 Å². The molecule has 0 spiro atoms. The molecule has 0 aromatic heterocycles. The van der Waals surface area contributed by atoms with Crippen LogP contribution in [0.2, 0.25) is 0 Å². The summed E-state index contributed by atoms with van der Waals surface area (Å²) in [6.45, 7) is 5.66. The summed E-state index contributed by atoms with van der Waals surface area (Å²) in [6, 6.07) is 13.4. The number of carbonyl (C=O) groups is 1. The smallest absolute Gasteiger partial charge is 0.416 e. The second-order valence-electron chi connectivity index (χ2n) is 9.18. The predicted octanol–water partition coefficient (Wildman–Crippen LogP) is 4.68. The number of alkyl halides is 3. The molecule has 1 unspecified atom stereocenters. The molecule has 11 heteroatoms.